The van der Waals surface area contributed by atoms with Crippen molar-refractivity contribution < 1.29 is 8.81 Å². The molecule has 0 fully saturated rings. The molecule has 1 aromatic heterocycles. The van der Waals surface area contributed by atoms with Crippen LogP contribution in [0.4, 0.5) is 10.1 Å². The van der Waals surface area contributed by atoms with Crippen LogP contribution in [0.2, 0.25) is 0 Å². The lowest BCUT2D eigenvalue weighted by atomic mass is 10.2. The Bertz CT molecular complexity index is 743. The van der Waals surface area contributed by atoms with E-state index in [0.29, 0.717) is 18.3 Å². The van der Waals surface area contributed by atoms with Crippen molar-refractivity contribution in [3.63, 3.8) is 0 Å². The number of anilines is 1. The van der Waals surface area contributed by atoms with Gasteiger partial charge >= 0.3 is 0 Å². The van der Waals surface area contributed by atoms with Gasteiger partial charge in [0.2, 0.25) is 11.8 Å². The van der Waals surface area contributed by atoms with E-state index in [-0.39, 0.29) is 5.82 Å². The van der Waals surface area contributed by atoms with Gasteiger partial charge in [-0.1, -0.05) is 12.1 Å². The fourth-order valence-corrected chi connectivity index (χ4v) is 2.27. The molecule has 0 aliphatic carbocycles. The highest BCUT2D eigenvalue weighted by atomic mass is 79.9. The highest BCUT2D eigenvalue weighted by Gasteiger charge is 2.10. The summed E-state index contributed by atoms with van der Waals surface area (Å²) in [7, 11) is 0. The van der Waals surface area contributed by atoms with Crippen molar-refractivity contribution in [2.75, 3.05) is 5.32 Å². The third kappa shape index (κ3) is 3.28. The first-order valence-electron chi connectivity index (χ1n) is 6.29. The molecule has 1 heterocycles. The molecule has 3 rings (SSSR count). The summed E-state index contributed by atoms with van der Waals surface area (Å²) >= 11 is 3.45. The normalized spacial score (nSPS) is 10.6. The Labute approximate surface area is 129 Å². The molecule has 0 saturated carbocycles. The Morgan fingerprint density at radius 1 is 1.05 bits per heavy atom. The van der Waals surface area contributed by atoms with Gasteiger partial charge in [-0.2, -0.15) is 0 Å². The first-order chi connectivity index (χ1) is 10.2. The smallest absolute Gasteiger partial charge is 0.248 e. The summed E-state index contributed by atoms with van der Waals surface area (Å²) in [6, 6.07) is 13.7. The lowest BCUT2D eigenvalue weighted by Gasteiger charge is -2.02. The van der Waals surface area contributed by atoms with Gasteiger partial charge in [-0.3, -0.25) is 0 Å². The molecule has 0 saturated heterocycles. The largest absolute Gasteiger partial charge is 0.419 e. The van der Waals surface area contributed by atoms with Gasteiger partial charge < -0.3 is 9.73 Å². The van der Waals surface area contributed by atoms with Gasteiger partial charge in [0.25, 0.3) is 0 Å². The van der Waals surface area contributed by atoms with Crippen LogP contribution in [-0.2, 0) is 6.54 Å². The zero-order valence-electron chi connectivity index (χ0n) is 10.9. The quantitative estimate of drug-likeness (QED) is 0.766. The standard InChI is InChI=1S/C15H11BrFN3O/c16-13-4-2-1-3-12(13)15-20-19-14(21-15)9-18-11-7-5-10(17)6-8-11/h1-8,18H,9H2. The third-order valence-electron chi connectivity index (χ3n) is 2.86. The lowest BCUT2D eigenvalue weighted by Crippen LogP contribution is -1.99. The maximum absolute atomic E-state index is 12.8. The number of halogens is 2. The van der Waals surface area contributed by atoms with Crippen LogP contribution < -0.4 is 5.32 Å². The van der Waals surface area contributed by atoms with Gasteiger partial charge in [0, 0.05) is 10.2 Å². The highest BCUT2D eigenvalue weighted by molar-refractivity contribution is 9.10. The van der Waals surface area contributed by atoms with Crippen molar-refractivity contribution in [1.29, 1.82) is 0 Å². The highest BCUT2D eigenvalue weighted by Crippen LogP contribution is 2.26. The Balaban J connectivity index is 1.71. The Morgan fingerprint density at radius 3 is 2.57 bits per heavy atom. The van der Waals surface area contributed by atoms with Crippen LogP contribution in [0.15, 0.2) is 57.4 Å². The number of benzene rings is 2. The van der Waals surface area contributed by atoms with Crippen molar-refractivity contribution in [1.82, 2.24) is 10.2 Å². The zero-order valence-corrected chi connectivity index (χ0v) is 12.5. The second-order valence-corrected chi connectivity index (χ2v) is 5.20. The minimum Gasteiger partial charge on any atom is -0.419 e. The Morgan fingerprint density at radius 2 is 1.81 bits per heavy atom. The van der Waals surface area contributed by atoms with E-state index in [1.54, 1.807) is 12.1 Å². The molecule has 0 unspecified atom stereocenters. The van der Waals surface area contributed by atoms with Crippen molar-refractivity contribution in [2.45, 2.75) is 6.54 Å². The van der Waals surface area contributed by atoms with E-state index in [9.17, 15) is 4.39 Å². The maximum Gasteiger partial charge on any atom is 0.248 e. The van der Waals surface area contributed by atoms with Crippen molar-refractivity contribution >= 4 is 21.6 Å². The molecule has 0 radical (unpaired) electrons. The fraction of sp³-hybridized carbons (Fsp3) is 0.0667. The SMILES string of the molecule is Fc1ccc(NCc2nnc(-c3ccccc3Br)o2)cc1. The summed E-state index contributed by atoms with van der Waals surface area (Å²) in [6.07, 6.45) is 0. The number of hydrogen-bond donors (Lipinski definition) is 1. The van der Waals surface area contributed by atoms with E-state index < -0.39 is 0 Å². The predicted molar refractivity (Wildman–Crippen MR) is 81.2 cm³/mol. The molecule has 21 heavy (non-hydrogen) atoms. The lowest BCUT2D eigenvalue weighted by molar-refractivity contribution is 0.515. The second kappa shape index (κ2) is 6.05. The van der Waals surface area contributed by atoms with Crippen LogP contribution in [0, 0.1) is 5.82 Å². The average Bonchev–Trinajstić information content (AvgIpc) is 2.96. The van der Waals surface area contributed by atoms with E-state index in [0.717, 1.165) is 15.7 Å². The van der Waals surface area contributed by atoms with Crippen molar-refractivity contribution in [3.8, 4) is 11.5 Å². The van der Waals surface area contributed by atoms with Gasteiger partial charge in [0.1, 0.15) is 5.82 Å². The van der Waals surface area contributed by atoms with E-state index >= 15 is 0 Å². The van der Waals surface area contributed by atoms with E-state index in [4.69, 9.17) is 4.42 Å². The van der Waals surface area contributed by atoms with Crippen molar-refractivity contribution in [3.05, 3.63) is 64.7 Å². The predicted octanol–water partition coefficient (Wildman–Crippen LogP) is 4.25. The molecule has 3 aromatic rings. The van der Waals surface area contributed by atoms with Gasteiger partial charge in [0.15, 0.2) is 0 Å². The molecule has 0 amide bonds. The van der Waals surface area contributed by atoms with Gasteiger partial charge in [-0.05, 0) is 52.3 Å². The number of hydrogen-bond acceptors (Lipinski definition) is 4. The summed E-state index contributed by atoms with van der Waals surface area (Å²) in [5.41, 5.74) is 1.63. The topological polar surface area (TPSA) is 51.0 Å². The fourth-order valence-electron chi connectivity index (χ4n) is 1.81. The molecule has 4 nitrogen and oxygen atoms in total. The summed E-state index contributed by atoms with van der Waals surface area (Å²) < 4.78 is 19.3. The van der Waals surface area contributed by atoms with Crippen molar-refractivity contribution in [2.24, 2.45) is 0 Å². The van der Waals surface area contributed by atoms with Gasteiger partial charge in [0.05, 0.1) is 12.1 Å². The van der Waals surface area contributed by atoms with Crippen LogP contribution in [0.1, 0.15) is 5.89 Å². The third-order valence-corrected chi connectivity index (χ3v) is 3.55. The summed E-state index contributed by atoms with van der Waals surface area (Å²) in [4.78, 5) is 0. The molecule has 106 valence electrons. The first-order valence-corrected chi connectivity index (χ1v) is 7.08. The van der Waals surface area contributed by atoms with Gasteiger partial charge in [-0.15, -0.1) is 10.2 Å². The van der Waals surface area contributed by atoms with E-state index in [1.165, 1.54) is 12.1 Å². The summed E-state index contributed by atoms with van der Waals surface area (Å²) in [6.45, 7) is 0.378. The minimum absolute atomic E-state index is 0.269. The maximum atomic E-state index is 12.8. The molecular weight excluding hydrogens is 337 g/mol. The average molecular weight is 348 g/mol. The van der Waals surface area contributed by atoms with E-state index in [1.807, 2.05) is 24.3 Å². The van der Waals surface area contributed by atoms with Crippen LogP contribution in [0.3, 0.4) is 0 Å². The second-order valence-electron chi connectivity index (χ2n) is 4.34. The van der Waals surface area contributed by atoms with Crippen LogP contribution in [0.25, 0.3) is 11.5 Å². The minimum atomic E-state index is -0.269. The molecule has 0 bridgehead atoms. The number of nitrogens with one attached hydrogen (secondary N) is 1. The molecule has 1 N–H and O–H groups in total. The molecule has 2 aromatic carbocycles. The molecule has 0 aliphatic rings. The number of rotatable bonds is 4. The zero-order chi connectivity index (χ0) is 14.7. The Hall–Kier alpha value is -2.21. The summed E-state index contributed by atoms with van der Waals surface area (Å²) in [5, 5.41) is 11.1. The first kappa shape index (κ1) is 13.8. The number of aromatic nitrogens is 2. The van der Waals surface area contributed by atoms with Crippen LogP contribution >= 0.6 is 15.9 Å². The molecular formula is C15H11BrFN3O. The van der Waals surface area contributed by atoms with Crippen LogP contribution in [-0.4, -0.2) is 10.2 Å². The number of nitrogens with zero attached hydrogens (tertiary/aromatic N) is 2. The molecule has 0 spiro atoms. The Kier molecular flexibility index (Phi) is 3.96. The van der Waals surface area contributed by atoms with Gasteiger partial charge in [-0.25, -0.2) is 4.39 Å². The molecule has 6 heteroatoms. The molecule has 0 atom stereocenters. The summed E-state index contributed by atoms with van der Waals surface area (Å²) in [5.74, 6) is 0.651. The van der Waals surface area contributed by atoms with Crippen LogP contribution in [0.5, 0.6) is 0 Å². The monoisotopic (exact) mass is 347 g/mol. The van der Waals surface area contributed by atoms with E-state index in [2.05, 4.69) is 31.4 Å². The molecule has 0 aliphatic heterocycles.